The summed E-state index contributed by atoms with van der Waals surface area (Å²) in [5.74, 6) is 0.00465. The summed E-state index contributed by atoms with van der Waals surface area (Å²) in [5.41, 5.74) is 5.18. The first-order valence-corrected chi connectivity index (χ1v) is 4.58. The molecule has 1 rings (SSSR count). The van der Waals surface area contributed by atoms with Gasteiger partial charge in [0.05, 0.1) is 6.04 Å². The third-order valence-electron chi connectivity index (χ3n) is 2.66. The molecule has 2 unspecified atom stereocenters. The van der Waals surface area contributed by atoms with Crippen LogP contribution < -0.4 is 5.73 Å². The number of ketones is 1. The monoisotopic (exact) mass is 184 g/mol. The van der Waals surface area contributed by atoms with E-state index in [1.165, 1.54) is 0 Å². The number of nitrogens with two attached hydrogens (primary N) is 1. The van der Waals surface area contributed by atoms with Crippen LogP contribution in [0.5, 0.6) is 0 Å². The van der Waals surface area contributed by atoms with Crippen molar-refractivity contribution in [3.8, 4) is 0 Å². The molecule has 0 radical (unpaired) electrons. The third kappa shape index (κ3) is 2.28. The molecule has 1 amide bonds. The number of hydrogen-bond acceptors (Lipinski definition) is 3. The molecule has 2 atom stereocenters. The second-order valence-corrected chi connectivity index (χ2v) is 3.69. The van der Waals surface area contributed by atoms with Crippen molar-refractivity contribution in [1.29, 1.82) is 0 Å². The van der Waals surface area contributed by atoms with E-state index in [9.17, 15) is 9.59 Å². The van der Waals surface area contributed by atoms with Crippen LogP contribution in [0.25, 0.3) is 0 Å². The molecular weight excluding hydrogens is 168 g/mol. The highest BCUT2D eigenvalue weighted by Gasteiger charge is 2.28. The van der Waals surface area contributed by atoms with E-state index in [1.54, 1.807) is 6.92 Å². The topological polar surface area (TPSA) is 63.4 Å². The number of likely N-dealkylation sites (tertiary alicyclic amines) is 1. The Kier molecular flexibility index (Phi) is 3.03. The Morgan fingerprint density at radius 2 is 2.31 bits per heavy atom. The zero-order valence-corrected chi connectivity index (χ0v) is 8.12. The van der Waals surface area contributed by atoms with Crippen LogP contribution in [0.4, 0.5) is 0 Å². The summed E-state index contributed by atoms with van der Waals surface area (Å²) in [7, 11) is 0. The molecule has 2 N–H and O–H groups in total. The van der Waals surface area contributed by atoms with Crippen LogP contribution in [0.3, 0.4) is 0 Å². The Morgan fingerprint density at radius 3 is 2.77 bits per heavy atom. The molecule has 1 saturated heterocycles. The first-order chi connectivity index (χ1) is 6.02. The maximum atomic E-state index is 11.2. The summed E-state index contributed by atoms with van der Waals surface area (Å²) in [4.78, 5) is 24.0. The van der Waals surface area contributed by atoms with Crippen molar-refractivity contribution in [2.24, 2.45) is 11.7 Å². The molecule has 0 spiro atoms. The standard InChI is InChI=1S/C9H16N2O2/c1-6-5-11(4-3-8(6)12)7(2)9(10)13/h6-7H,3-5H2,1-2H3,(H2,10,13). The molecule has 74 valence electrons. The Balaban J connectivity index is 2.55. The van der Waals surface area contributed by atoms with Gasteiger partial charge in [-0.15, -0.1) is 0 Å². The maximum absolute atomic E-state index is 11.2. The molecule has 4 nitrogen and oxygen atoms in total. The predicted octanol–water partition coefficient (Wildman–Crippen LogP) is -0.229. The van der Waals surface area contributed by atoms with E-state index in [-0.39, 0.29) is 23.7 Å². The van der Waals surface area contributed by atoms with Crippen LogP contribution in [0.1, 0.15) is 20.3 Å². The van der Waals surface area contributed by atoms with Crippen molar-refractivity contribution >= 4 is 11.7 Å². The summed E-state index contributed by atoms with van der Waals surface area (Å²) in [5, 5.41) is 0. The van der Waals surface area contributed by atoms with Gasteiger partial charge in [0.2, 0.25) is 5.91 Å². The Morgan fingerprint density at radius 1 is 1.69 bits per heavy atom. The largest absolute Gasteiger partial charge is 0.368 e. The fourth-order valence-corrected chi connectivity index (χ4v) is 1.58. The van der Waals surface area contributed by atoms with Gasteiger partial charge in [-0.1, -0.05) is 6.92 Å². The highest BCUT2D eigenvalue weighted by Crippen LogP contribution is 2.14. The van der Waals surface area contributed by atoms with E-state index >= 15 is 0 Å². The van der Waals surface area contributed by atoms with Gasteiger partial charge in [-0.2, -0.15) is 0 Å². The van der Waals surface area contributed by atoms with E-state index in [2.05, 4.69) is 0 Å². The highest BCUT2D eigenvalue weighted by atomic mass is 16.1. The number of carbonyl (C=O) groups is 2. The molecule has 4 heteroatoms. The quantitative estimate of drug-likeness (QED) is 0.645. The number of piperidine rings is 1. The van der Waals surface area contributed by atoms with Gasteiger partial charge in [-0.05, 0) is 6.92 Å². The van der Waals surface area contributed by atoms with Gasteiger partial charge in [0, 0.05) is 25.4 Å². The van der Waals surface area contributed by atoms with Crippen molar-refractivity contribution in [3.05, 3.63) is 0 Å². The lowest BCUT2D eigenvalue weighted by Gasteiger charge is -2.33. The highest BCUT2D eigenvalue weighted by molar-refractivity contribution is 5.83. The van der Waals surface area contributed by atoms with Crippen LogP contribution in [-0.2, 0) is 9.59 Å². The number of nitrogens with zero attached hydrogens (tertiary/aromatic N) is 1. The average Bonchev–Trinajstić information content (AvgIpc) is 2.08. The maximum Gasteiger partial charge on any atom is 0.234 e. The van der Waals surface area contributed by atoms with Crippen LogP contribution >= 0.6 is 0 Å². The van der Waals surface area contributed by atoms with E-state index < -0.39 is 0 Å². The molecule has 13 heavy (non-hydrogen) atoms. The lowest BCUT2D eigenvalue weighted by atomic mass is 9.97. The summed E-state index contributed by atoms with van der Waals surface area (Å²) >= 11 is 0. The molecule has 1 aliphatic rings. The summed E-state index contributed by atoms with van der Waals surface area (Å²) in [6, 6.07) is -0.254. The van der Waals surface area contributed by atoms with Crippen LogP contribution in [-0.4, -0.2) is 35.7 Å². The number of hydrogen-bond donors (Lipinski definition) is 1. The Labute approximate surface area is 78.1 Å². The molecule has 0 aliphatic carbocycles. The molecular formula is C9H16N2O2. The number of carbonyl (C=O) groups excluding carboxylic acids is 2. The third-order valence-corrected chi connectivity index (χ3v) is 2.66. The van der Waals surface area contributed by atoms with Crippen molar-refractivity contribution in [1.82, 2.24) is 4.90 Å². The van der Waals surface area contributed by atoms with Crippen molar-refractivity contribution in [3.63, 3.8) is 0 Å². The van der Waals surface area contributed by atoms with E-state index in [1.807, 2.05) is 11.8 Å². The second kappa shape index (κ2) is 3.87. The minimum Gasteiger partial charge on any atom is -0.368 e. The molecule has 0 aromatic rings. The van der Waals surface area contributed by atoms with Crippen LogP contribution in [0, 0.1) is 5.92 Å². The van der Waals surface area contributed by atoms with Gasteiger partial charge >= 0.3 is 0 Å². The predicted molar refractivity (Wildman–Crippen MR) is 49.0 cm³/mol. The molecule has 0 aromatic carbocycles. The lowest BCUT2D eigenvalue weighted by Crippen LogP contribution is -2.49. The number of rotatable bonds is 2. The fraction of sp³-hybridized carbons (Fsp3) is 0.778. The molecule has 0 bridgehead atoms. The van der Waals surface area contributed by atoms with E-state index in [0.717, 1.165) is 0 Å². The zero-order valence-electron chi connectivity index (χ0n) is 8.12. The lowest BCUT2D eigenvalue weighted by molar-refractivity contribution is -0.130. The average molecular weight is 184 g/mol. The summed E-state index contributed by atoms with van der Waals surface area (Å²) < 4.78 is 0. The van der Waals surface area contributed by atoms with Gasteiger partial charge in [0.15, 0.2) is 0 Å². The normalized spacial score (nSPS) is 27.2. The fourth-order valence-electron chi connectivity index (χ4n) is 1.58. The molecule has 1 fully saturated rings. The molecule has 0 saturated carbocycles. The van der Waals surface area contributed by atoms with Crippen molar-refractivity contribution in [2.75, 3.05) is 13.1 Å². The van der Waals surface area contributed by atoms with E-state index in [4.69, 9.17) is 5.73 Å². The first-order valence-electron chi connectivity index (χ1n) is 4.58. The minimum atomic E-state index is -0.318. The molecule has 1 heterocycles. The number of amides is 1. The van der Waals surface area contributed by atoms with Gasteiger partial charge in [-0.25, -0.2) is 0 Å². The van der Waals surface area contributed by atoms with Gasteiger partial charge in [0.1, 0.15) is 5.78 Å². The summed E-state index contributed by atoms with van der Waals surface area (Å²) in [6.45, 7) is 4.99. The van der Waals surface area contributed by atoms with Crippen LogP contribution in [0.15, 0.2) is 0 Å². The SMILES string of the molecule is CC1CN(C(C)C(N)=O)CCC1=O. The first kappa shape index (κ1) is 10.2. The minimum absolute atomic E-state index is 0.0375. The zero-order chi connectivity index (χ0) is 10.0. The van der Waals surface area contributed by atoms with Crippen molar-refractivity contribution in [2.45, 2.75) is 26.3 Å². The van der Waals surface area contributed by atoms with Gasteiger partial charge in [-0.3, -0.25) is 14.5 Å². The van der Waals surface area contributed by atoms with E-state index in [0.29, 0.717) is 19.5 Å². The van der Waals surface area contributed by atoms with Crippen molar-refractivity contribution < 1.29 is 9.59 Å². The van der Waals surface area contributed by atoms with Gasteiger partial charge in [0.25, 0.3) is 0 Å². The Bertz CT molecular complexity index is 228. The summed E-state index contributed by atoms with van der Waals surface area (Å²) in [6.07, 6.45) is 0.540. The second-order valence-electron chi connectivity index (χ2n) is 3.69. The smallest absolute Gasteiger partial charge is 0.234 e. The number of Topliss-reactive ketones (excluding diaryl/α,β-unsaturated/α-hetero) is 1. The van der Waals surface area contributed by atoms with Crippen LogP contribution in [0.2, 0.25) is 0 Å². The Hall–Kier alpha value is -0.900. The molecule has 1 aliphatic heterocycles. The molecule has 0 aromatic heterocycles. The van der Waals surface area contributed by atoms with Gasteiger partial charge < -0.3 is 5.73 Å². The number of primary amides is 1.